The van der Waals surface area contributed by atoms with E-state index in [4.69, 9.17) is 0 Å². The molecule has 1 saturated heterocycles. The van der Waals surface area contributed by atoms with E-state index < -0.39 is 35.9 Å². The minimum absolute atomic E-state index is 0.0724. The van der Waals surface area contributed by atoms with Gasteiger partial charge < -0.3 is 26.4 Å². The number of carboxylic acids is 1. The van der Waals surface area contributed by atoms with Gasteiger partial charge >= 0.3 is 5.97 Å². The van der Waals surface area contributed by atoms with Crippen molar-refractivity contribution in [3.8, 4) is 0 Å². The lowest BCUT2D eigenvalue weighted by atomic mass is 9.99. The third kappa shape index (κ3) is 8.44. The van der Waals surface area contributed by atoms with Crippen LogP contribution in [0.5, 0.6) is 0 Å². The molecule has 34 heavy (non-hydrogen) atoms. The molecular formula is C25H38N4O5. The molecule has 4 atom stereocenters. The molecule has 0 spiro atoms. The van der Waals surface area contributed by atoms with Crippen molar-refractivity contribution in [2.24, 2.45) is 11.8 Å². The number of benzene rings is 1. The summed E-state index contributed by atoms with van der Waals surface area (Å²) in [4.78, 5) is 50.5. The number of carbonyl (C=O) groups excluding carboxylic acids is 3. The Labute approximate surface area is 201 Å². The summed E-state index contributed by atoms with van der Waals surface area (Å²) >= 11 is 0. The van der Waals surface area contributed by atoms with E-state index in [0.717, 1.165) is 18.5 Å². The minimum Gasteiger partial charge on any atom is -0.480 e. The first kappa shape index (κ1) is 27.3. The number of amides is 3. The van der Waals surface area contributed by atoms with E-state index in [0.29, 0.717) is 6.42 Å². The van der Waals surface area contributed by atoms with Gasteiger partial charge in [0.15, 0.2) is 0 Å². The first-order chi connectivity index (χ1) is 16.1. The van der Waals surface area contributed by atoms with Crippen molar-refractivity contribution < 1.29 is 24.3 Å². The molecule has 5 N–H and O–H groups in total. The molecule has 1 aromatic rings. The van der Waals surface area contributed by atoms with E-state index in [2.05, 4.69) is 21.3 Å². The maximum absolute atomic E-state index is 13.3. The third-order valence-electron chi connectivity index (χ3n) is 5.86. The number of rotatable bonds is 12. The summed E-state index contributed by atoms with van der Waals surface area (Å²) in [5.74, 6) is -2.63. The Morgan fingerprint density at radius 2 is 1.65 bits per heavy atom. The topological polar surface area (TPSA) is 137 Å². The maximum atomic E-state index is 13.3. The molecule has 1 aliphatic heterocycles. The SMILES string of the molecule is CC(C)CC(NC(=O)C(NC(=O)C(Cc1ccccc1)NC(=O)C1CCCN1)C(C)C)C(=O)O. The molecule has 0 aromatic heterocycles. The van der Waals surface area contributed by atoms with Gasteiger partial charge in [-0.05, 0) is 43.2 Å². The van der Waals surface area contributed by atoms with Crippen LogP contribution in [0, 0.1) is 11.8 Å². The summed E-state index contributed by atoms with van der Waals surface area (Å²) in [7, 11) is 0. The van der Waals surface area contributed by atoms with Crippen LogP contribution in [0.3, 0.4) is 0 Å². The minimum atomic E-state index is -1.12. The Kier molecular flexibility index (Phi) is 10.5. The highest BCUT2D eigenvalue weighted by molar-refractivity contribution is 5.94. The van der Waals surface area contributed by atoms with Crippen LogP contribution in [0.25, 0.3) is 0 Å². The molecule has 1 fully saturated rings. The van der Waals surface area contributed by atoms with Crippen LogP contribution in [0.15, 0.2) is 30.3 Å². The van der Waals surface area contributed by atoms with Crippen LogP contribution in [-0.4, -0.2) is 59.5 Å². The van der Waals surface area contributed by atoms with Crippen LogP contribution in [0.1, 0.15) is 52.5 Å². The normalized spacial score (nSPS) is 18.2. The average Bonchev–Trinajstić information content (AvgIpc) is 3.31. The Morgan fingerprint density at radius 3 is 2.18 bits per heavy atom. The molecule has 0 bridgehead atoms. The van der Waals surface area contributed by atoms with Gasteiger partial charge in [-0.3, -0.25) is 14.4 Å². The van der Waals surface area contributed by atoms with Crippen LogP contribution >= 0.6 is 0 Å². The zero-order chi connectivity index (χ0) is 25.3. The summed E-state index contributed by atoms with van der Waals surface area (Å²) in [5, 5.41) is 20.7. The molecular weight excluding hydrogens is 436 g/mol. The molecule has 3 amide bonds. The van der Waals surface area contributed by atoms with Crippen LogP contribution < -0.4 is 21.3 Å². The zero-order valence-electron chi connectivity index (χ0n) is 20.5. The Morgan fingerprint density at radius 1 is 0.971 bits per heavy atom. The second kappa shape index (κ2) is 13.1. The number of hydrogen-bond donors (Lipinski definition) is 5. The fourth-order valence-electron chi connectivity index (χ4n) is 3.98. The van der Waals surface area contributed by atoms with Gasteiger partial charge in [0.05, 0.1) is 6.04 Å². The van der Waals surface area contributed by atoms with Crippen LogP contribution in [-0.2, 0) is 25.6 Å². The van der Waals surface area contributed by atoms with Crippen LogP contribution in [0.4, 0.5) is 0 Å². The largest absolute Gasteiger partial charge is 0.480 e. The van der Waals surface area contributed by atoms with Crippen molar-refractivity contribution in [3.63, 3.8) is 0 Å². The lowest BCUT2D eigenvalue weighted by Crippen LogP contribution is -2.58. The van der Waals surface area contributed by atoms with E-state index in [9.17, 15) is 24.3 Å². The van der Waals surface area contributed by atoms with Crippen molar-refractivity contribution in [1.82, 2.24) is 21.3 Å². The average molecular weight is 475 g/mol. The van der Waals surface area contributed by atoms with E-state index in [-0.39, 0.29) is 36.6 Å². The van der Waals surface area contributed by atoms with Crippen molar-refractivity contribution >= 4 is 23.7 Å². The zero-order valence-corrected chi connectivity index (χ0v) is 20.5. The highest BCUT2D eigenvalue weighted by Gasteiger charge is 2.33. The Bertz CT molecular complexity index is 837. The predicted octanol–water partition coefficient (Wildman–Crippen LogP) is 1.22. The summed E-state index contributed by atoms with van der Waals surface area (Å²) in [6.45, 7) is 8.05. The van der Waals surface area contributed by atoms with Gasteiger partial charge in [0.25, 0.3) is 0 Å². The van der Waals surface area contributed by atoms with Gasteiger partial charge in [-0.2, -0.15) is 0 Å². The number of carbonyl (C=O) groups is 4. The Hall–Kier alpha value is -2.94. The van der Waals surface area contributed by atoms with Crippen molar-refractivity contribution in [2.45, 2.75) is 77.5 Å². The van der Waals surface area contributed by atoms with E-state index in [1.54, 1.807) is 13.8 Å². The van der Waals surface area contributed by atoms with Crippen LogP contribution in [0.2, 0.25) is 0 Å². The molecule has 0 aliphatic carbocycles. The standard InChI is InChI=1S/C25H38N4O5/c1-15(2)13-20(25(33)34)28-24(32)21(16(3)4)29-23(31)19(14-17-9-6-5-7-10-17)27-22(30)18-11-8-12-26-18/h5-7,9-10,15-16,18-21,26H,8,11-14H2,1-4H3,(H,27,30)(H,28,32)(H,29,31)(H,33,34). The first-order valence-electron chi connectivity index (χ1n) is 12.0. The van der Waals surface area contributed by atoms with Gasteiger partial charge in [0, 0.05) is 6.42 Å². The summed E-state index contributed by atoms with van der Waals surface area (Å²) in [5.41, 5.74) is 0.871. The van der Waals surface area contributed by atoms with Gasteiger partial charge in [-0.1, -0.05) is 58.0 Å². The quantitative estimate of drug-likeness (QED) is 0.309. The molecule has 9 heteroatoms. The summed E-state index contributed by atoms with van der Waals surface area (Å²) in [6, 6.07) is 6.12. The highest BCUT2D eigenvalue weighted by Crippen LogP contribution is 2.11. The molecule has 4 unspecified atom stereocenters. The number of nitrogens with one attached hydrogen (secondary N) is 4. The predicted molar refractivity (Wildman–Crippen MR) is 129 cm³/mol. The molecule has 1 aromatic carbocycles. The molecule has 1 heterocycles. The molecule has 1 aliphatic rings. The van der Waals surface area contributed by atoms with E-state index >= 15 is 0 Å². The lowest BCUT2D eigenvalue weighted by Gasteiger charge is -2.27. The van der Waals surface area contributed by atoms with E-state index in [1.807, 2.05) is 44.2 Å². The lowest BCUT2D eigenvalue weighted by molar-refractivity contribution is -0.143. The van der Waals surface area contributed by atoms with Crippen molar-refractivity contribution in [3.05, 3.63) is 35.9 Å². The molecule has 2 rings (SSSR count). The molecule has 0 radical (unpaired) electrons. The second-order valence-corrected chi connectivity index (χ2v) is 9.66. The molecule has 9 nitrogen and oxygen atoms in total. The third-order valence-corrected chi connectivity index (χ3v) is 5.86. The number of carboxylic acid groups (broad SMARTS) is 1. The number of hydrogen-bond acceptors (Lipinski definition) is 5. The van der Waals surface area contributed by atoms with Gasteiger partial charge in [-0.25, -0.2) is 4.79 Å². The summed E-state index contributed by atoms with van der Waals surface area (Å²) in [6.07, 6.45) is 2.14. The molecule has 0 saturated carbocycles. The fourth-order valence-corrected chi connectivity index (χ4v) is 3.98. The highest BCUT2D eigenvalue weighted by atomic mass is 16.4. The summed E-state index contributed by atoms with van der Waals surface area (Å²) < 4.78 is 0. The van der Waals surface area contributed by atoms with Crippen molar-refractivity contribution in [2.75, 3.05) is 6.54 Å². The number of aliphatic carboxylic acids is 1. The Balaban J connectivity index is 2.15. The maximum Gasteiger partial charge on any atom is 0.326 e. The van der Waals surface area contributed by atoms with E-state index in [1.165, 1.54) is 0 Å². The van der Waals surface area contributed by atoms with Crippen molar-refractivity contribution in [1.29, 1.82) is 0 Å². The monoisotopic (exact) mass is 474 g/mol. The first-order valence-corrected chi connectivity index (χ1v) is 12.0. The van der Waals surface area contributed by atoms with Gasteiger partial charge in [0.2, 0.25) is 17.7 Å². The second-order valence-electron chi connectivity index (χ2n) is 9.66. The smallest absolute Gasteiger partial charge is 0.326 e. The van der Waals surface area contributed by atoms with Gasteiger partial charge in [-0.15, -0.1) is 0 Å². The molecule has 188 valence electrons. The van der Waals surface area contributed by atoms with Gasteiger partial charge in [0.1, 0.15) is 18.1 Å². The fraction of sp³-hybridized carbons (Fsp3) is 0.600.